The van der Waals surface area contributed by atoms with Crippen LogP contribution in [0, 0.1) is 11.8 Å². The first-order chi connectivity index (χ1) is 11.3. The summed E-state index contributed by atoms with van der Waals surface area (Å²) in [6.45, 7) is 4.17. The average molecular weight is 317 g/mol. The van der Waals surface area contributed by atoms with Crippen molar-refractivity contribution in [3.8, 4) is 5.75 Å². The molecule has 1 aliphatic heterocycles. The molecule has 1 aromatic carbocycles. The van der Waals surface area contributed by atoms with E-state index in [1.165, 1.54) is 12.8 Å². The molecule has 0 radical (unpaired) electrons. The van der Waals surface area contributed by atoms with Crippen molar-refractivity contribution in [1.29, 1.82) is 0 Å². The van der Waals surface area contributed by atoms with E-state index in [-0.39, 0.29) is 5.91 Å². The standard InChI is InChI=1S/C18H27N3O2/c1-23-17-5-3-2-4-16(17)21-9-8-15(13-21)11-20-18(22)12-19-10-14-6-7-14/h2-5,14-15,19H,6-13H2,1H3,(H,20,22). The number of hydrogen-bond acceptors (Lipinski definition) is 4. The lowest BCUT2D eigenvalue weighted by atomic mass is 10.1. The van der Waals surface area contributed by atoms with E-state index in [1.807, 2.05) is 18.2 Å². The van der Waals surface area contributed by atoms with Crippen molar-refractivity contribution >= 4 is 11.6 Å². The van der Waals surface area contributed by atoms with Crippen LogP contribution in [0.5, 0.6) is 5.75 Å². The predicted molar refractivity (Wildman–Crippen MR) is 91.9 cm³/mol. The molecule has 23 heavy (non-hydrogen) atoms. The van der Waals surface area contributed by atoms with Gasteiger partial charge in [-0.1, -0.05) is 12.1 Å². The fourth-order valence-electron chi connectivity index (χ4n) is 3.14. The van der Waals surface area contributed by atoms with E-state index < -0.39 is 0 Å². The molecule has 0 aromatic heterocycles. The Morgan fingerprint density at radius 1 is 1.22 bits per heavy atom. The number of anilines is 1. The van der Waals surface area contributed by atoms with Crippen LogP contribution < -0.4 is 20.3 Å². The maximum Gasteiger partial charge on any atom is 0.233 e. The van der Waals surface area contributed by atoms with Gasteiger partial charge in [-0.15, -0.1) is 0 Å². The lowest BCUT2D eigenvalue weighted by Gasteiger charge is -2.21. The van der Waals surface area contributed by atoms with Crippen LogP contribution >= 0.6 is 0 Å². The summed E-state index contributed by atoms with van der Waals surface area (Å²) in [6.07, 6.45) is 3.73. The molecule has 1 heterocycles. The number of nitrogens with zero attached hydrogens (tertiary/aromatic N) is 1. The Bertz CT molecular complexity index is 531. The summed E-state index contributed by atoms with van der Waals surface area (Å²) in [7, 11) is 1.71. The highest BCUT2D eigenvalue weighted by Crippen LogP contribution is 2.31. The number of methoxy groups -OCH3 is 1. The van der Waals surface area contributed by atoms with Gasteiger partial charge in [0.2, 0.25) is 5.91 Å². The van der Waals surface area contributed by atoms with Crippen molar-refractivity contribution in [1.82, 2.24) is 10.6 Å². The maximum absolute atomic E-state index is 11.8. The van der Waals surface area contributed by atoms with Gasteiger partial charge < -0.3 is 20.3 Å². The van der Waals surface area contributed by atoms with E-state index in [1.54, 1.807) is 7.11 Å². The first-order valence-corrected chi connectivity index (χ1v) is 8.61. The third kappa shape index (κ3) is 4.61. The van der Waals surface area contributed by atoms with Crippen LogP contribution in [-0.4, -0.2) is 45.7 Å². The van der Waals surface area contributed by atoms with Crippen LogP contribution in [0.3, 0.4) is 0 Å². The minimum absolute atomic E-state index is 0.112. The number of para-hydroxylation sites is 2. The molecule has 2 aliphatic rings. The summed E-state index contributed by atoms with van der Waals surface area (Å²) in [5.41, 5.74) is 1.15. The van der Waals surface area contributed by atoms with Crippen LogP contribution in [0.4, 0.5) is 5.69 Å². The molecule has 0 bridgehead atoms. The van der Waals surface area contributed by atoms with Crippen LogP contribution in [0.2, 0.25) is 0 Å². The quantitative estimate of drug-likeness (QED) is 0.765. The first-order valence-electron chi connectivity index (χ1n) is 8.61. The van der Waals surface area contributed by atoms with Crippen LogP contribution in [0.15, 0.2) is 24.3 Å². The van der Waals surface area contributed by atoms with Gasteiger partial charge in [0.25, 0.3) is 0 Å². The van der Waals surface area contributed by atoms with Gasteiger partial charge in [-0.3, -0.25) is 4.79 Å². The number of benzene rings is 1. The number of ether oxygens (including phenoxy) is 1. The van der Waals surface area contributed by atoms with E-state index in [2.05, 4.69) is 21.6 Å². The van der Waals surface area contributed by atoms with Crippen LogP contribution in [0.1, 0.15) is 19.3 Å². The van der Waals surface area contributed by atoms with E-state index in [9.17, 15) is 4.79 Å². The monoisotopic (exact) mass is 317 g/mol. The highest BCUT2D eigenvalue weighted by molar-refractivity contribution is 5.78. The summed E-state index contributed by atoms with van der Waals surface area (Å²) >= 11 is 0. The molecule has 1 aromatic rings. The van der Waals surface area contributed by atoms with E-state index in [0.29, 0.717) is 12.5 Å². The van der Waals surface area contributed by atoms with Crippen molar-refractivity contribution in [2.24, 2.45) is 11.8 Å². The molecule has 1 atom stereocenters. The second-order valence-corrected chi connectivity index (χ2v) is 6.65. The molecular formula is C18H27N3O2. The van der Waals surface area contributed by atoms with Gasteiger partial charge in [0.05, 0.1) is 19.3 Å². The Kier molecular flexibility index (Phi) is 5.39. The fraction of sp³-hybridized carbons (Fsp3) is 0.611. The van der Waals surface area contributed by atoms with Crippen molar-refractivity contribution in [3.05, 3.63) is 24.3 Å². The number of rotatable bonds is 8. The van der Waals surface area contributed by atoms with Crippen molar-refractivity contribution < 1.29 is 9.53 Å². The fourth-order valence-corrected chi connectivity index (χ4v) is 3.14. The normalized spacial score (nSPS) is 20.6. The molecule has 1 amide bonds. The smallest absolute Gasteiger partial charge is 0.233 e. The highest BCUT2D eigenvalue weighted by atomic mass is 16.5. The summed E-state index contributed by atoms with van der Waals surface area (Å²) < 4.78 is 5.44. The van der Waals surface area contributed by atoms with Gasteiger partial charge in [0, 0.05) is 19.6 Å². The SMILES string of the molecule is COc1ccccc1N1CCC(CNC(=O)CNCC2CC2)C1. The lowest BCUT2D eigenvalue weighted by Crippen LogP contribution is -2.37. The van der Waals surface area contributed by atoms with Gasteiger partial charge in [0.1, 0.15) is 5.75 Å². The van der Waals surface area contributed by atoms with E-state index >= 15 is 0 Å². The average Bonchev–Trinajstić information content (AvgIpc) is 3.28. The second-order valence-electron chi connectivity index (χ2n) is 6.65. The van der Waals surface area contributed by atoms with Gasteiger partial charge in [-0.05, 0) is 49.8 Å². The van der Waals surface area contributed by atoms with Crippen LogP contribution in [-0.2, 0) is 4.79 Å². The highest BCUT2D eigenvalue weighted by Gasteiger charge is 2.25. The zero-order valence-corrected chi connectivity index (χ0v) is 13.9. The minimum atomic E-state index is 0.112. The molecule has 5 heteroatoms. The third-order valence-corrected chi connectivity index (χ3v) is 4.72. The summed E-state index contributed by atoms with van der Waals surface area (Å²) in [5.74, 6) is 2.35. The Hall–Kier alpha value is -1.75. The molecular weight excluding hydrogens is 290 g/mol. The topological polar surface area (TPSA) is 53.6 Å². The molecule has 2 fully saturated rings. The van der Waals surface area contributed by atoms with Gasteiger partial charge in [-0.25, -0.2) is 0 Å². The number of carbonyl (C=O) groups excluding carboxylic acids is 1. The molecule has 1 aliphatic carbocycles. The number of hydrogen-bond donors (Lipinski definition) is 2. The van der Waals surface area contributed by atoms with E-state index in [4.69, 9.17) is 4.74 Å². The van der Waals surface area contributed by atoms with Crippen LogP contribution in [0.25, 0.3) is 0 Å². The predicted octanol–water partition coefficient (Wildman–Crippen LogP) is 1.64. The third-order valence-electron chi connectivity index (χ3n) is 4.72. The zero-order chi connectivity index (χ0) is 16.1. The molecule has 5 nitrogen and oxygen atoms in total. The van der Waals surface area contributed by atoms with Gasteiger partial charge in [0.15, 0.2) is 0 Å². The van der Waals surface area contributed by atoms with Crippen molar-refractivity contribution in [2.45, 2.75) is 19.3 Å². The second kappa shape index (κ2) is 7.68. The summed E-state index contributed by atoms with van der Waals surface area (Å²) in [6, 6.07) is 8.13. The molecule has 3 rings (SSSR count). The number of nitrogens with one attached hydrogen (secondary N) is 2. The van der Waals surface area contributed by atoms with E-state index in [0.717, 1.165) is 50.0 Å². The number of carbonyl (C=O) groups is 1. The van der Waals surface area contributed by atoms with Crippen molar-refractivity contribution in [3.63, 3.8) is 0 Å². The Morgan fingerprint density at radius 3 is 2.83 bits per heavy atom. The summed E-state index contributed by atoms with van der Waals surface area (Å²) in [5, 5.41) is 6.29. The molecule has 0 spiro atoms. The molecule has 2 N–H and O–H groups in total. The first kappa shape index (κ1) is 16.1. The van der Waals surface area contributed by atoms with Crippen molar-refractivity contribution in [2.75, 3.05) is 44.7 Å². The Morgan fingerprint density at radius 2 is 2.04 bits per heavy atom. The zero-order valence-electron chi connectivity index (χ0n) is 13.9. The molecule has 126 valence electrons. The largest absolute Gasteiger partial charge is 0.495 e. The minimum Gasteiger partial charge on any atom is -0.495 e. The molecule has 1 saturated heterocycles. The van der Waals surface area contributed by atoms with Gasteiger partial charge in [-0.2, -0.15) is 0 Å². The van der Waals surface area contributed by atoms with Gasteiger partial charge >= 0.3 is 0 Å². The Balaban J connectivity index is 1.39. The lowest BCUT2D eigenvalue weighted by molar-refractivity contribution is -0.120. The Labute approximate surface area is 138 Å². The molecule has 1 unspecified atom stereocenters. The maximum atomic E-state index is 11.8. The summed E-state index contributed by atoms with van der Waals surface area (Å²) in [4.78, 5) is 14.2. The number of amides is 1. The molecule has 1 saturated carbocycles.